The summed E-state index contributed by atoms with van der Waals surface area (Å²) in [6.45, 7) is 0.608. The average Bonchev–Trinajstić information content (AvgIpc) is 2.73. The van der Waals surface area contributed by atoms with Gasteiger partial charge in [-0.1, -0.05) is 0 Å². The number of methoxy groups -OCH3 is 1. The van der Waals surface area contributed by atoms with Crippen molar-refractivity contribution in [2.75, 3.05) is 13.7 Å². The summed E-state index contributed by atoms with van der Waals surface area (Å²) in [5.74, 6) is -0.856. The van der Waals surface area contributed by atoms with Gasteiger partial charge in [-0.3, -0.25) is 0 Å². The van der Waals surface area contributed by atoms with E-state index in [0.29, 0.717) is 24.4 Å². The molecule has 0 fully saturated rings. The second-order valence-corrected chi connectivity index (χ2v) is 4.15. The number of H-pyrrole nitrogens is 1. The summed E-state index contributed by atoms with van der Waals surface area (Å²) in [7, 11) is 1.62. The third-order valence-electron chi connectivity index (χ3n) is 2.74. The summed E-state index contributed by atoms with van der Waals surface area (Å²) >= 11 is 0. The predicted molar refractivity (Wildman–Crippen MR) is 64.0 cm³/mol. The molecule has 98 valence electrons. The van der Waals surface area contributed by atoms with Crippen molar-refractivity contribution in [1.82, 2.24) is 9.97 Å². The molecule has 1 aromatic heterocycles. The number of nitrogens with one attached hydrogen (secondary N) is 1. The number of halogens is 2. The van der Waals surface area contributed by atoms with Crippen LogP contribution < -0.4 is 5.73 Å². The number of imidazole rings is 1. The van der Waals surface area contributed by atoms with E-state index in [0.717, 1.165) is 12.5 Å². The molecule has 1 heterocycles. The Labute approximate surface area is 103 Å². The van der Waals surface area contributed by atoms with Crippen molar-refractivity contribution in [2.24, 2.45) is 5.73 Å². The van der Waals surface area contributed by atoms with E-state index in [1.54, 1.807) is 7.11 Å². The van der Waals surface area contributed by atoms with Gasteiger partial charge in [0.15, 0.2) is 5.82 Å². The molecule has 0 aliphatic carbocycles. The average molecular weight is 255 g/mol. The molecule has 1 aromatic carbocycles. The van der Waals surface area contributed by atoms with Crippen LogP contribution in [-0.4, -0.2) is 23.7 Å². The highest BCUT2D eigenvalue weighted by Crippen LogP contribution is 2.21. The quantitative estimate of drug-likeness (QED) is 0.805. The molecule has 0 bridgehead atoms. The SMILES string of the molecule is COCCCC(N)c1nc2c(F)cc(F)cc2[nH]1. The van der Waals surface area contributed by atoms with Crippen molar-refractivity contribution >= 4 is 11.0 Å². The van der Waals surface area contributed by atoms with Crippen molar-refractivity contribution in [3.05, 3.63) is 29.6 Å². The van der Waals surface area contributed by atoms with Crippen LogP contribution in [0.2, 0.25) is 0 Å². The molecule has 0 aliphatic heterocycles. The van der Waals surface area contributed by atoms with Gasteiger partial charge in [-0.25, -0.2) is 13.8 Å². The molecule has 0 spiro atoms. The standard InChI is InChI=1S/C12H15F2N3O/c1-18-4-2-3-9(15)12-16-10-6-7(13)5-8(14)11(10)17-12/h5-6,9H,2-4,15H2,1H3,(H,16,17). The number of benzene rings is 1. The summed E-state index contributed by atoms with van der Waals surface area (Å²) < 4.78 is 31.4. The number of hydrogen-bond donors (Lipinski definition) is 2. The number of aromatic amines is 1. The lowest BCUT2D eigenvalue weighted by Crippen LogP contribution is -2.12. The number of rotatable bonds is 5. The van der Waals surface area contributed by atoms with Crippen LogP contribution in [-0.2, 0) is 4.74 Å². The van der Waals surface area contributed by atoms with E-state index in [-0.39, 0.29) is 11.6 Å². The second kappa shape index (κ2) is 5.41. The van der Waals surface area contributed by atoms with Crippen LogP contribution in [0.4, 0.5) is 8.78 Å². The maximum atomic E-state index is 13.4. The highest BCUT2D eigenvalue weighted by atomic mass is 19.1. The monoisotopic (exact) mass is 255 g/mol. The molecule has 0 saturated heterocycles. The first-order chi connectivity index (χ1) is 8.61. The van der Waals surface area contributed by atoms with E-state index in [2.05, 4.69) is 9.97 Å². The zero-order chi connectivity index (χ0) is 13.1. The third-order valence-corrected chi connectivity index (χ3v) is 2.74. The van der Waals surface area contributed by atoms with Gasteiger partial charge in [0.2, 0.25) is 0 Å². The Morgan fingerprint density at radius 2 is 2.22 bits per heavy atom. The molecule has 3 N–H and O–H groups in total. The summed E-state index contributed by atoms with van der Waals surface area (Å²) in [6, 6.07) is 1.68. The first kappa shape index (κ1) is 12.9. The Hall–Kier alpha value is -1.53. The van der Waals surface area contributed by atoms with E-state index in [1.165, 1.54) is 6.07 Å². The molecule has 1 atom stereocenters. The number of ether oxygens (including phenoxy) is 1. The van der Waals surface area contributed by atoms with E-state index in [1.807, 2.05) is 0 Å². The van der Waals surface area contributed by atoms with Gasteiger partial charge >= 0.3 is 0 Å². The smallest absolute Gasteiger partial charge is 0.153 e. The van der Waals surface area contributed by atoms with E-state index in [9.17, 15) is 8.78 Å². The Balaban J connectivity index is 2.21. The van der Waals surface area contributed by atoms with Crippen molar-refractivity contribution in [3.63, 3.8) is 0 Å². The minimum Gasteiger partial charge on any atom is -0.385 e. The highest BCUT2D eigenvalue weighted by molar-refractivity contribution is 5.75. The van der Waals surface area contributed by atoms with Gasteiger partial charge in [0, 0.05) is 19.8 Å². The second-order valence-electron chi connectivity index (χ2n) is 4.15. The molecule has 0 saturated carbocycles. The minimum absolute atomic E-state index is 0.119. The largest absolute Gasteiger partial charge is 0.385 e. The van der Waals surface area contributed by atoms with E-state index in [4.69, 9.17) is 10.5 Å². The molecule has 0 radical (unpaired) electrons. The summed E-state index contributed by atoms with van der Waals surface area (Å²) in [5.41, 5.74) is 6.37. The van der Waals surface area contributed by atoms with Crippen molar-refractivity contribution < 1.29 is 13.5 Å². The van der Waals surface area contributed by atoms with Gasteiger partial charge in [-0.05, 0) is 18.9 Å². The molecule has 4 nitrogen and oxygen atoms in total. The summed E-state index contributed by atoms with van der Waals surface area (Å²) in [4.78, 5) is 6.92. The highest BCUT2D eigenvalue weighted by Gasteiger charge is 2.14. The van der Waals surface area contributed by atoms with Gasteiger partial charge in [-0.15, -0.1) is 0 Å². The number of nitrogens with two attached hydrogens (primary N) is 1. The molecule has 6 heteroatoms. The van der Waals surface area contributed by atoms with Gasteiger partial charge in [0.1, 0.15) is 17.2 Å². The fourth-order valence-electron chi connectivity index (χ4n) is 1.82. The normalized spacial score (nSPS) is 13.1. The van der Waals surface area contributed by atoms with Crippen LogP contribution in [0.3, 0.4) is 0 Å². The van der Waals surface area contributed by atoms with Crippen molar-refractivity contribution in [1.29, 1.82) is 0 Å². The lowest BCUT2D eigenvalue weighted by Gasteiger charge is -2.07. The zero-order valence-electron chi connectivity index (χ0n) is 10.0. The molecular formula is C12H15F2N3O. The van der Waals surface area contributed by atoms with Crippen molar-refractivity contribution in [3.8, 4) is 0 Å². The van der Waals surface area contributed by atoms with Crippen LogP contribution in [0.25, 0.3) is 11.0 Å². The zero-order valence-corrected chi connectivity index (χ0v) is 10.0. The third kappa shape index (κ3) is 2.65. The maximum absolute atomic E-state index is 13.4. The molecular weight excluding hydrogens is 240 g/mol. The first-order valence-corrected chi connectivity index (χ1v) is 5.71. The maximum Gasteiger partial charge on any atom is 0.153 e. The first-order valence-electron chi connectivity index (χ1n) is 5.71. The van der Waals surface area contributed by atoms with Gasteiger partial charge in [-0.2, -0.15) is 0 Å². The predicted octanol–water partition coefficient (Wildman–Crippen LogP) is 2.27. The molecule has 18 heavy (non-hydrogen) atoms. The van der Waals surface area contributed by atoms with E-state index < -0.39 is 11.6 Å². The van der Waals surface area contributed by atoms with Crippen LogP contribution in [0.15, 0.2) is 12.1 Å². The molecule has 2 rings (SSSR count). The van der Waals surface area contributed by atoms with Gasteiger partial charge in [0.25, 0.3) is 0 Å². The number of nitrogens with zero attached hydrogens (tertiary/aromatic N) is 1. The van der Waals surface area contributed by atoms with Gasteiger partial charge in [0.05, 0.1) is 11.6 Å². The molecule has 0 amide bonds. The lowest BCUT2D eigenvalue weighted by atomic mass is 10.1. The van der Waals surface area contributed by atoms with Crippen LogP contribution >= 0.6 is 0 Å². The Bertz CT molecular complexity index is 541. The topological polar surface area (TPSA) is 63.9 Å². The number of aromatic nitrogens is 2. The lowest BCUT2D eigenvalue weighted by molar-refractivity contribution is 0.190. The molecule has 1 unspecified atom stereocenters. The Morgan fingerprint density at radius 1 is 1.44 bits per heavy atom. The number of hydrogen-bond acceptors (Lipinski definition) is 3. The minimum atomic E-state index is -0.684. The Kier molecular flexibility index (Phi) is 3.88. The summed E-state index contributed by atoms with van der Waals surface area (Å²) in [6.07, 6.45) is 1.45. The molecule has 0 aliphatic rings. The Morgan fingerprint density at radius 3 is 2.94 bits per heavy atom. The fraction of sp³-hybridized carbons (Fsp3) is 0.417. The van der Waals surface area contributed by atoms with Gasteiger partial charge < -0.3 is 15.5 Å². The number of fused-ring (bicyclic) bond motifs is 1. The van der Waals surface area contributed by atoms with Crippen LogP contribution in [0.5, 0.6) is 0 Å². The van der Waals surface area contributed by atoms with E-state index >= 15 is 0 Å². The van der Waals surface area contributed by atoms with Crippen LogP contribution in [0.1, 0.15) is 24.7 Å². The van der Waals surface area contributed by atoms with Crippen LogP contribution in [0, 0.1) is 11.6 Å². The fourth-order valence-corrected chi connectivity index (χ4v) is 1.82. The molecule has 2 aromatic rings. The van der Waals surface area contributed by atoms with Crippen molar-refractivity contribution in [2.45, 2.75) is 18.9 Å². The summed E-state index contributed by atoms with van der Waals surface area (Å²) in [5, 5.41) is 0.